The number of rotatable bonds is 2. The normalized spacial score (nSPS) is 10.0. The molecule has 2 aromatic rings. The van der Waals surface area contributed by atoms with Crippen molar-refractivity contribution < 1.29 is 9.59 Å². The molecule has 2 N–H and O–H groups in total. The quantitative estimate of drug-likeness (QED) is 0.827. The van der Waals surface area contributed by atoms with Gasteiger partial charge < -0.3 is 0 Å². The summed E-state index contributed by atoms with van der Waals surface area (Å²) in [5.41, 5.74) is 6.15. The lowest BCUT2D eigenvalue weighted by Gasteiger charge is -2.08. The summed E-state index contributed by atoms with van der Waals surface area (Å²) in [5, 5.41) is 1.83. The molecule has 1 heterocycles. The summed E-state index contributed by atoms with van der Waals surface area (Å²) in [6.07, 6.45) is 0. The van der Waals surface area contributed by atoms with Gasteiger partial charge in [0.25, 0.3) is 11.8 Å². The highest BCUT2D eigenvalue weighted by Crippen LogP contribution is 2.16. The molecule has 1 aromatic heterocycles. The lowest BCUT2D eigenvalue weighted by molar-refractivity contribution is 0.0848. The summed E-state index contributed by atoms with van der Waals surface area (Å²) in [5.74, 6) is -0.678. The fraction of sp³-hybridized carbons (Fsp3) is 0.0769. The predicted molar refractivity (Wildman–Crippen MR) is 78.1 cm³/mol. The van der Waals surface area contributed by atoms with Gasteiger partial charge in [-0.3, -0.25) is 20.4 Å². The molecule has 4 nitrogen and oxygen atoms in total. The Morgan fingerprint density at radius 1 is 1.11 bits per heavy atom. The molecule has 0 radical (unpaired) electrons. The summed E-state index contributed by atoms with van der Waals surface area (Å²) in [6, 6.07) is 8.86. The largest absolute Gasteiger partial charge is 0.280 e. The van der Waals surface area contributed by atoms with Crippen LogP contribution in [-0.2, 0) is 0 Å². The lowest BCUT2D eigenvalue weighted by Crippen LogP contribution is -2.41. The van der Waals surface area contributed by atoms with Gasteiger partial charge in [0.05, 0.1) is 10.4 Å². The molecule has 2 rings (SSSR count). The summed E-state index contributed by atoms with van der Waals surface area (Å²) < 4.78 is 0.675. The monoisotopic (exact) mass is 338 g/mol. The smallest absolute Gasteiger partial charge is 0.267 e. The molecule has 0 fully saturated rings. The third-order valence-corrected chi connectivity index (χ3v) is 4.18. The molecule has 0 saturated heterocycles. The van der Waals surface area contributed by atoms with Crippen LogP contribution in [0.2, 0.25) is 0 Å². The zero-order valence-corrected chi connectivity index (χ0v) is 12.5. The van der Waals surface area contributed by atoms with Crippen molar-refractivity contribution in [3.8, 4) is 0 Å². The molecule has 1 aromatic carbocycles. The van der Waals surface area contributed by atoms with Gasteiger partial charge in [0.2, 0.25) is 0 Å². The van der Waals surface area contributed by atoms with Gasteiger partial charge >= 0.3 is 0 Å². The Morgan fingerprint density at radius 2 is 1.79 bits per heavy atom. The highest BCUT2D eigenvalue weighted by molar-refractivity contribution is 9.10. The molecule has 0 saturated carbocycles. The van der Waals surface area contributed by atoms with E-state index in [-0.39, 0.29) is 11.8 Å². The Bertz CT molecular complexity index is 625. The van der Waals surface area contributed by atoms with Crippen molar-refractivity contribution in [3.05, 3.63) is 56.2 Å². The van der Waals surface area contributed by atoms with E-state index < -0.39 is 0 Å². The minimum absolute atomic E-state index is 0.312. The second kappa shape index (κ2) is 5.99. The van der Waals surface area contributed by atoms with E-state index in [0.29, 0.717) is 14.9 Å². The number of benzene rings is 1. The maximum atomic E-state index is 11.9. The molecular weight excluding hydrogens is 328 g/mol. The first-order valence-electron chi connectivity index (χ1n) is 5.49. The van der Waals surface area contributed by atoms with Crippen LogP contribution >= 0.6 is 27.3 Å². The number of thiophene rings is 1. The second-order valence-electron chi connectivity index (χ2n) is 3.82. The SMILES string of the molecule is Cc1ccsc1C(=O)NNC(=O)c1ccccc1Br. The van der Waals surface area contributed by atoms with Crippen LogP contribution in [0.4, 0.5) is 0 Å². The molecule has 6 heteroatoms. The molecule has 19 heavy (non-hydrogen) atoms. The van der Waals surface area contributed by atoms with E-state index in [1.807, 2.05) is 24.4 Å². The Hall–Kier alpha value is -1.66. The van der Waals surface area contributed by atoms with Gasteiger partial charge in [0, 0.05) is 4.47 Å². The van der Waals surface area contributed by atoms with Crippen molar-refractivity contribution in [3.63, 3.8) is 0 Å². The molecule has 0 unspecified atom stereocenters. The van der Waals surface area contributed by atoms with Crippen LogP contribution in [-0.4, -0.2) is 11.8 Å². The minimum Gasteiger partial charge on any atom is -0.267 e. The van der Waals surface area contributed by atoms with E-state index in [1.54, 1.807) is 18.2 Å². The zero-order valence-electron chi connectivity index (χ0n) is 10.1. The number of amides is 2. The average Bonchev–Trinajstić information content (AvgIpc) is 2.82. The van der Waals surface area contributed by atoms with E-state index >= 15 is 0 Å². The van der Waals surface area contributed by atoms with Gasteiger partial charge in [-0.15, -0.1) is 11.3 Å². The summed E-state index contributed by atoms with van der Waals surface area (Å²) in [4.78, 5) is 24.3. The molecule has 0 atom stereocenters. The van der Waals surface area contributed by atoms with Crippen LogP contribution in [0.1, 0.15) is 25.6 Å². The molecule has 0 aliphatic rings. The van der Waals surface area contributed by atoms with Crippen molar-refractivity contribution in [2.45, 2.75) is 6.92 Å². The van der Waals surface area contributed by atoms with E-state index in [9.17, 15) is 9.59 Å². The molecule has 0 aliphatic carbocycles. The molecule has 0 bridgehead atoms. The highest BCUT2D eigenvalue weighted by atomic mass is 79.9. The van der Waals surface area contributed by atoms with Gasteiger partial charge in [-0.1, -0.05) is 12.1 Å². The lowest BCUT2D eigenvalue weighted by atomic mass is 10.2. The molecular formula is C13H11BrN2O2S. The second-order valence-corrected chi connectivity index (χ2v) is 5.59. The predicted octanol–water partition coefficient (Wildman–Crippen LogP) is 2.89. The third kappa shape index (κ3) is 3.21. The Morgan fingerprint density at radius 3 is 2.42 bits per heavy atom. The van der Waals surface area contributed by atoms with E-state index in [0.717, 1.165) is 5.56 Å². The fourth-order valence-electron chi connectivity index (χ4n) is 1.49. The van der Waals surface area contributed by atoms with Crippen molar-refractivity contribution in [1.29, 1.82) is 0 Å². The first kappa shape index (κ1) is 13.8. The average molecular weight is 339 g/mol. The number of hydrogen-bond donors (Lipinski definition) is 2. The van der Waals surface area contributed by atoms with Gasteiger partial charge in [-0.25, -0.2) is 0 Å². The molecule has 0 spiro atoms. The number of carbonyl (C=O) groups excluding carboxylic acids is 2. The van der Waals surface area contributed by atoms with Crippen LogP contribution < -0.4 is 10.9 Å². The van der Waals surface area contributed by atoms with Crippen molar-refractivity contribution >= 4 is 39.1 Å². The zero-order chi connectivity index (χ0) is 13.8. The van der Waals surface area contributed by atoms with Gasteiger partial charge in [-0.2, -0.15) is 0 Å². The number of nitrogens with one attached hydrogen (secondary N) is 2. The third-order valence-electron chi connectivity index (χ3n) is 2.48. The molecule has 2 amide bonds. The van der Waals surface area contributed by atoms with Gasteiger partial charge in [0.1, 0.15) is 0 Å². The number of aryl methyl sites for hydroxylation is 1. The van der Waals surface area contributed by atoms with Crippen LogP contribution in [0.25, 0.3) is 0 Å². The fourth-order valence-corrected chi connectivity index (χ4v) is 2.77. The summed E-state index contributed by atoms with van der Waals surface area (Å²) in [7, 11) is 0. The van der Waals surface area contributed by atoms with E-state index in [1.165, 1.54) is 11.3 Å². The Labute approximate surface area is 122 Å². The number of hydrazine groups is 1. The van der Waals surface area contributed by atoms with Crippen molar-refractivity contribution in [2.75, 3.05) is 0 Å². The number of hydrogen-bond acceptors (Lipinski definition) is 3. The van der Waals surface area contributed by atoms with E-state index in [2.05, 4.69) is 26.8 Å². The van der Waals surface area contributed by atoms with Crippen LogP contribution in [0.5, 0.6) is 0 Å². The minimum atomic E-state index is -0.366. The van der Waals surface area contributed by atoms with Crippen LogP contribution in [0.15, 0.2) is 40.2 Å². The summed E-state index contributed by atoms with van der Waals surface area (Å²) >= 11 is 4.62. The number of carbonyl (C=O) groups is 2. The summed E-state index contributed by atoms with van der Waals surface area (Å²) in [6.45, 7) is 1.85. The van der Waals surface area contributed by atoms with Crippen molar-refractivity contribution in [2.24, 2.45) is 0 Å². The van der Waals surface area contributed by atoms with Crippen LogP contribution in [0.3, 0.4) is 0 Å². The van der Waals surface area contributed by atoms with E-state index in [4.69, 9.17) is 0 Å². The molecule has 0 aliphatic heterocycles. The standard InChI is InChI=1S/C13H11BrN2O2S/c1-8-6-7-19-11(8)13(18)16-15-12(17)9-4-2-3-5-10(9)14/h2-7H,1H3,(H,15,17)(H,16,18). The van der Waals surface area contributed by atoms with Crippen LogP contribution in [0, 0.1) is 6.92 Å². The topological polar surface area (TPSA) is 58.2 Å². The van der Waals surface area contributed by atoms with Gasteiger partial charge in [0.15, 0.2) is 0 Å². The number of halogens is 1. The molecule has 98 valence electrons. The Kier molecular flexibility index (Phi) is 4.34. The van der Waals surface area contributed by atoms with Crippen molar-refractivity contribution in [1.82, 2.24) is 10.9 Å². The maximum Gasteiger partial charge on any atom is 0.280 e. The maximum absolute atomic E-state index is 11.9. The highest BCUT2D eigenvalue weighted by Gasteiger charge is 2.13. The first-order valence-corrected chi connectivity index (χ1v) is 7.16. The first-order chi connectivity index (χ1) is 9.09. The Balaban J connectivity index is 2.00. The van der Waals surface area contributed by atoms with Gasteiger partial charge in [-0.05, 0) is 52.0 Å².